The summed E-state index contributed by atoms with van der Waals surface area (Å²) in [6, 6.07) is 5.04. The molecule has 0 fully saturated rings. The van der Waals surface area contributed by atoms with Gasteiger partial charge in [-0.1, -0.05) is 30.3 Å². The van der Waals surface area contributed by atoms with Gasteiger partial charge < -0.3 is 41.5 Å². The van der Waals surface area contributed by atoms with Gasteiger partial charge in [-0.3, -0.25) is 14.4 Å². The van der Waals surface area contributed by atoms with Gasteiger partial charge in [0.25, 0.3) is 5.91 Å². The van der Waals surface area contributed by atoms with E-state index >= 15 is 0 Å². The molecule has 0 saturated heterocycles. The third kappa shape index (κ3) is 8.09. The fourth-order valence-electron chi connectivity index (χ4n) is 2.78. The second kappa shape index (κ2) is 13.2. The van der Waals surface area contributed by atoms with Crippen molar-refractivity contribution in [3.05, 3.63) is 35.9 Å². The van der Waals surface area contributed by atoms with E-state index in [1.807, 2.05) is 0 Å². The van der Waals surface area contributed by atoms with E-state index in [0.717, 1.165) is 0 Å². The molecule has 6 atom stereocenters. The van der Waals surface area contributed by atoms with Gasteiger partial charge in [-0.2, -0.15) is 12.6 Å². The minimum Gasteiger partial charge on any atom is -0.481 e. The van der Waals surface area contributed by atoms with Crippen LogP contribution in [-0.2, 0) is 14.4 Å². The lowest BCUT2D eigenvalue weighted by Gasteiger charge is -2.30. The Labute approximate surface area is 184 Å². The molecule has 0 unspecified atom stereocenters. The van der Waals surface area contributed by atoms with Crippen molar-refractivity contribution in [3.63, 3.8) is 0 Å². The number of carboxylic acid groups (broad SMARTS) is 1. The maximum atomic E-state index is 12.4. The minimum absolute atomic E-state index is 0.120. The largest absolute Gasteiger partial charge is 0.481 e. The van der Waals surface area contributed by atoms with Gasteiger partial charge in [-0.15, -0.1) is 0 Å². The molecular formula is C19H29N3O8S. The lowest BCUT2D eigenvalue weighted by Crippen LogP contribution is -2.59. The van der Waals surface area contributed by atoms with E-state index in [1.54, 1.807) is 30.3 Å². The molecule has 0 heterocycles. The molecule has 8 N–H and O–H groups in total. The summed E-state index contributed by atoms with van der Waals surface area (Å²) in [5.41, 5.74) is 0.464. The zero-order valence-electron chi connectivity index (χ0n) is 16.9. The van der Waals surface area contributed by atoms with Crippen molar-refractivity contribution in [2.45, 2.75) is 42.9 Å². The van der Waals surface area contributed by atoms with Crippen LogP contribution < -0.4 is 16.0 Å². The summed E-state index contributed by atoms with van der Waals surface area (Å²) < 4.78 is 0. The van der Waals surface area contributed by atoms with Crippen LogP contribution in [0.1, 0.15) is 18.0 Å². The molecule has 1 rings (SSSR count). The highest BCUT2D eigenvalue weighted by molar-refractivity contribution is 7.80. The van der Waals surface area contributed by atoms with Crippen LogP contribution in [0.15, 0.2) is 30.3 Å². The molecule has 0 aliphatic heterocycles. The predicted octanol–water partition coefficient (Wildman–Crippen LogP) is -2.60. The molecule has 0 aliphatic carbocycles. The molecule has 0 aliphatic rings. The molecule has 2 amide bonds. The number of thiol groups is 1. The van der Waals surface area contributed by atoms with Crippen molar-refractivity contribution in [1.29, 1.82) is 0 Å². The van der Waals surface area contributed by atoms with Crippen LogP contribution >= 0.6 is 12.6 Å². The number of aliphatic hydroxyl groups is 4. The number of amides is 2. The highest BCUT2D eigenvalue weighted by Gasteiger charge is 2.37. The summed E-state index contributed by atoms with van der Waals surface area (Å²) >= 11 is 3.99. The number of benzene rings is 1. The number of likely N-dealkylation sites (N-methyl/N-ethyl adjacent to an activating group) is 1. The van der Waals surface area contributed by atoms with Gasteiger partial charge in [0.05, 0.1) is 31.2 Å². The maximum Gasteiger partial charge on any atom is 0.305 e. The van der Waals surface area contributed by atoms with Crippen LogP contribution in [0.3, 0.4) is 0 Å². The van der Waals surface area contributed by atoms with Crippen LogP contribution in [0.4, 0.5) is 0 Å². The average Bonchev–Trinajstić information content (AvgIpc) is 2.76. The van der Waals surface area contributed by atoms with E-state index in [4.69, 9.17) is 5.11 Å². The first-order chi connectivity index (χ1) is 14.7. The Morgan fingerprint density at radius 3 is 2.10 bits per heavy atom. The number of carbonyl (C=O) groups is 3. The minimum atomic E-state index is -2.16. The molecular weight excluding hydrogens is 430 g/mol. The Morgan fingerprint density at radius 1 is 1.00 bits per heavy atom. The van der Waals surface area contributed by atoms with Crippen LogP contribution in [0.25, 0.3) is 0 Å². The number of aliphatic carboxylic acids is 1. The molecule has 0 bridgehead atoms. The number of aliphatic hydroxyl groups excluding tert-OH is 4. The first-order valence-electron chi connectivity index (χ1n) is 9.46. The number of hydrogen-bond donors (Lipinski definition) is 9. The van der Waals surface area contributed by atoms with E-state index in [0.29, 0.717) is 5.56 Å². The predicted molar refractivity (Wildman–Crippen MR) is 113 cm³/mol. The van der Waals surface area contributed by atoms with Gasteiger partial charge >= 0.3 is 5.97 Å². The van der Waals surface area contributed by atoms with E-state index in [9.17, 15) is 34.8 Å². The Morgan fingerprint density at radius 2 is 1.61 bits per heavy atom. The summed E-state index contributed by atoms with van der Waals surface area (Å²) in [5, 5.41) is 56.5. The summed E-state index contributed by atoms with van der Waals surface area (Å²) in [6.07, 6.45) is -6.62. The Kier molecular flexibility index (Phi) is 11.5. The summed E-state index contributed by atoms with van der Waals surface area (Å²) in [5.74, 6) is -2.83. The van der Waals surface area contributed by atoms with Gasteiger partial charge in [0, 0.05) is 5.75 Å². The SMILES string of the molecule is CN[C@@H](CS)C(=O)N[C@@H](CO)[C@@H](O)[C@@H](O)[C@H](O)C(=O)N[C@@H](CC(=O)O)c1ccccc1. The van der Waals surface area contributed by atoms with E-state index < -0.39 is 67.2 Å². The topological polar surface area (TPSA) is 188 Å². The van der Waals surface area contributed by atoms with Crippen molar-refractivity contribution in [2.24, 2.45) is 0 Å². The molecule has 0 aromatic heterocycles. The zero-order valence-corrected chi connectivity index (χ0v) is 17.8. The second-order valence-electron chi connectivity index (χ2n) is 6.82. The number of hydrogen-bond acceptors (Lipinski definition) is 9. The van der Waals surface area contributed by atoms with E-state index in [2.05, 4.69) is 28.6 Å². The molecule has 0 spiro atoms. The molecule has 31 heavy (non-hydrogen) atoms. The van der Waals surface area contributed by atoms with Gasteiger partial charge in [-0.25, -0.2) is 0 Å². The van der Waals surface area contributed by atoms with Crippen molar-refractivity contribution < 1.29 is 39.9 Å². The van der Waals surface area contributed by atoms with Gasteiger partial charge in [0.1, 0.15) is 12.2 Å². The maximum absolute atomic E-state index is 12.4. The zero-order chi connectivity index (χ0) is 23.6. The highest BCUT2D eigenvalue weighted by atomic mass is 32.1. The molecule has 12 heteroatoms. The van der Waals surface area contributed by atoms with Crippen LogP contribution in [-0.4, -0.2) is 93.1 Å². The standard InChI is InChI=1S/C19H29N3O8S/c1-20-13(9-31)18(29)22-12(8-23)15(26)16(27)17(28)19(30)21-11(7-14(24)25)10-5-3-2-4-6-10/h2-6,11-13,15-17,20,23,26-28,31H,7-9H2,1H3,(H,21,30)(H,22,29)(H,24,25)/t11-,12-,13-,15+,16+,17-/m0/s1. The molecule has 174 valence electrons. The van der Waals surface area contributed by atoms with Crippen molar-refractivity contribution >= 4 is 30.4 Å². The Bertz CT molecular complexity index is 719. The average molecular weight is 460 g/mol. The molecule has 0 saturated carbocycles. The first kappa shape index (κ1) is 26.8. The molecule has 1 aromatic carbocycles. The number of nitrogens with one attached hydrogen (secondary N) is 3. The summed E-state index contributed by atoms with van der Waals surface area (Å²) in [7, 11) is 1.51. The van der Waals surface area contributed by atoms with Crippen molar-refractivity contribution in [3.8, 4) is 0 Å². The van der Waals surface area contributed by atoms with E-state index in [1.165, 1.54) is 7.05 Å². The summed E-state index contributed by atoms with van der Waals surface area (Å²) in [4.78, 5) is 35.6. The number of carboxylic acids is 1. The van der Waals surface area contributed by atoms with Crippen LogP contribution in [0.5, 0.6) is 0 Å². The fourth-order valence-corrected chi connectivity index (χ4v) is 3.13. The van der Waals surface area contributed by atoms with Crippen molar-refractivity contribution in [1.82, 2.24) is 16.0 Å². The van der Waals surface area contributed by atoms with Crippen LogP contribution in [0, 0.1) is 0 Å². The molecule has 1 aromatic rings. The van der Waals surface area contributed by atoms with Gasteiger partial charge in [0.2, 0.25) is 5.91 Å². The van der Waals surface area contributed by atoms with Crippen molar-refractivity contribution in [2.75, 3.05) is 19.4 Å². The molecule has 11 nitrogen and oxygen atoms in total. The normalized spacial score (nSPS) is 17.0. The third-order valence-electron chi connectivity index (χ3n) is 4.62. The number of carbonyl (C=O) groups excluding carboxylic acids is 2. The quantitative estimate of drug-likeness (QED) is 0.142. The monoisotopic (exact) mass is 459 g/mol. The molecule has 0 radical (unpaired) electrons. The first-order valence-corrected chi connectivity index (χ1v) is 10.1. The smallest absolute Gasteiger partial charge is 0.305 e. The van der Waals surface area contributed by atoms with Gasteiger partial charge in [-0.05, 0) is 12.6 Å². The Hall–Kier alpha value is -2.22. The lowest BCUT2D eigenvalue weighted by atomic mass is 9.99. The fraction of sp³-hybridized carbons (Fsp3) is 0.526. The summed E-state index contributed by atoms with van der Waals surface area (Å²) in [6.45, 7) is -0.785. The Balaban J connectivity index is 2.85. The van der Waals surface area contributed by atoms with Crippen LogP contribution in [0.2, 0.25) is 0 Å². The highest BCUT2D eigenvalue weighted by Crippen LogP contribution is 2.17. The number of rotatable bonds is 13. The van der Waals surface area contributed by atoms with Gasteiger partial charge in [0.15, 0.2) is 6.10 Å². The third-order valence-corrected chi connectivity index (χ3v) is 4.99. The lowest BCUT2D eigenvalue weighted by molar-refractivity contribution is -0.145. The van der Waals surface area contributed by atoms with E-state index in [-0.39, 0.29) is 5.75 Å². The second-order valence-corrected chi connectivity index (χ2v) is 7.18.